The SMILES string of the molecule is CC1CN(C(=O)c2cc3ccccc3o2)CCN1.Cl. The average Bonchev–Trinajstić information content (AvgIpc) is 2.81. The highest BCUT2D eigenvalue weighted by Crippen LogP contribution is 2.20. The van der Waals surface area contributed by atoms with Crippen LogP contribution in [0.4, 0.5) is 0 Å². The first kappa shape index (κ1) is 13.9. The monoisotopic (exact) mass is 280 g/mol. The third-order valence-electron chi connectivity index (χ3n) is 3.29. The molecule has 1 amide bonds. The van der Waals surface area contributed by atoms with Crippen molar-refractivity contribution in [3.63, 3.8) is 0 Å². The van der Waals surface area contributed by atoms with Crippen LogP contribution < -0.4 is 5.32 Å². The van der Waals surface area contributed by atoms with Crippen molar-refractivity contribution in [2.75, 3.05) is 19.6 Å². The van der Waals surface area contributed by atoms with Crippen molar-refractivity contribution in [2.24, 2.45) is 0 Å². The number of hydrogen-bond donors (Lipinski definition) is 1. The van der Waals surface area contributed by atoms with Crippen LogP contribution in [-0.2, 0) is 0 Å². The summed E-state index contributed by atoms with van der Waals surface area (Å²) >= 11 is 0. The van der Waals surface area contributed by atoms with Crippen molar-refractivity contribution in [3.05, 3.63) is 36.1 Å². The predicted molar refractivity (Wildman–Crippen MR) is 76.8 cm³/mol. The summed E-state index contributed by atoms with van der Waals surface area (Å²) in [5.41, 5.74) is 0.768. The molecule has 5 heteroatoms. The van der Waals surface area contributed by atoms with Crippen molar-refractivity contribution in [1.29, 1.82) is 0 Å². The van der Waals surface area contributed by atoms with Gasteiger partial charge in [0.15, 0.2) is 5.76 Å². The summed E-state index contributed by atoms with van der Waals surface area (Å²) in [6.45, 7) is 4.39. The molecule has 1 saturated heterocycles. The van der Waals surface area contributed by atoms with Crippen LogP contribution >= 0.6 is 12.4 Å². The minimum absolute atomic E-state index is 0. The normalized spacial score (nSPS) is 19.2. The summed E-state index contributed by atoms with van der Waals surface area (Å²) in [7, 11) is 0. The number of benzene rings is 1. The Morgan fingerprint density at radius 3 is 2.95 bits per heavy atom. The van der Waals surface area contributed by atoms with Gasteiger partial charge >= 0.3 is 0 Å². The van der Waals surface area contributed by atoms with Gasteiger partial charge in [-0.1, -0.05) is 18.2 Å². The van der Waals surface area contributed by atoms with Crippen LogP contribution in [0, 0.1) is 0 Å². The van der Waals surface area contributed by atoms with Gasteiger partial charge in [-0.25, -0.2) is 0 Å². The first-order valence-corrected chi connectivity index (χ1v) is 6.25. The van der Waals surface area contributed by atoms with Gasteiger partial charge in [-0.3, -0.25) is 4.79 Å². The molecule has 0 bridgehead atoms. The van der Waals surface area contributed by atoms with Crippen molar-refractivity contribution in [1.82, 2.24) is 10.2 Å². The second-order valence-corrected chi connectivity index (χ2v) is 4.75. The molecule has 102 valence electrons. The van der Waals surface area contributed by atoms with E-state index < -0.39 is 0 Å². The molecule has 1 N–H and O–H groups in total. The van der Waals surface area contributed by atoms with Gasteiger partial charge in [0, 0.05) is 31.1 Å². The van der Waals surface area contributed by atoms with Crippen molar-refractivity contribution < 1.29 is 9.21 Å². The molecule has 4 nitrogen and oxygen atoms in total. The largest absolute Gasteiger partial charge is 0.451 e. The van der Waals surface area contributed by atoms with Gasteiger partial charge in [0.05, 0.1) is 0 Å². The number of carbonyl (C=O) groups is 1. The molecular weight excluding hydrogens is 264 g/mol. The number of halogens is 1. The van der Waals surface area contributed by atoms with Crippen LogP contribution in [0.1, 0.15) is 17.5 Å². The van der Waals surface area contributed by atoms with Crippen LogP contribution in [0.5, 0.6) is 0 Å². The molecule has 1 atom stereocenters. The Morgan fingerprint density at radius 1 is 1.42 bits per heavy atom. The number of piperazine rings is 1. The zero-order chi connectivity index (χ0) is 12.5. The van der Waals surface area contributed by atoms with E-state index in [9.17, 15) is 4.79 Å². The fourth-order valence-corrected chi connectivity index (χ4v) is 2.36. The molecule has 1 aliphatic rings. The van der Waals surface area contributed by atoms with Gasteiger partial charge in [0.1, 0.15) is 5.58 Å². The van der Waals surface area contributed by atoms with E-state index >= 15 is 0 Å². The van der Waals surface area contributed by atoms with E-state index in [-0.39, 0.29) is 18.3 Å². The zero-order valence-electron chi connectivity index (χ0n) is 10.8. The second-order valence-electron chi connectivity index (χ2n) is 4.75. The standard InChI is InChI=1S/C14H16N2O2.ClH/c1-10-9-16(7-6-15-10)14(17)13-8-11-4-2-3-5-12(11)18-13;/h2-5,8,10,15H,6-7,9H2,1H3;1H. The molecule has 0 radical (unpaired) electrons. The van der Waals surface area contributed by atoms with Crippen LogP contribution in [0.25, 0.3) is 11.0 Å². The smallest absolute Gasteiger partial charge is 0.289 e. The van der Waals surface area contributed by atoms with Crippen molar-refractivity contribution in [2.45, 2.75) is 13.0 Å². The molecule has 0 saturated carbocycles. The van der Waals surface area contributed by atoms with Gasteiger partial charge in [0.2, 0.25) is 0 Å². The van der Waals surface area contributed by atoms with Gasteiger partial charge in [-0.2, -0.15) is 0 Å². The summed E-state index contributed by atoms with van der Waals surface area (Å²) in [6, 6.07) is 9.85. The highest BCUT2D eigenvalue weighted by Gasteiger charge is 2.24. The topological polar surface area (TPSA) is 45.5 Å². The first-order valence-electron chi connectivity index (χ1n) is 6.25. The lowest BCUT2D eigenvalue weighted by Gasteiger charge is -2.31. The lowest BCUT2D eigenvalue weighted by atomic mass is 10.2. The van der Waals surface area contributed by atoms with Crippen molar-refractivity contribution >= 4 is 29.3 Å². The van der Waals surface area contributed by atoms with Crippen LogP contribution in [0.2, 0.25) is 0 Å². The Kier molecular flexibility index (Phi) is 4.12. The molecule has 1 fully saturated rings. The number of amides is 1. The molecule has 1 aromatic heterocycles. The minimum atomic E-state index is -0.0143. The maximum Gasteiger partial charge on any atom is 0.289 e. The van der Waals surface area contributed by atoms with E-state index in [1.165, 1.54) is 0 Å². The van der Waals surface area contributed by atoms with Gasteiger partial charge < -0.3 is 14.6 Å². The minimum Gasteiger partial charge on any atom is -0.451 e. The lowest BCUT2D eigenvalue weighted by Crippen LogP contribution is -2.51. The summed E-state index contributed by atoms with van der Waals surface area (Å²) < 4.78 is 5.61. The number of hydrogen-bond acceptors (Lipinski definition) is 3. The second kappa shape index (κ2) is 5.63. The lowest BCUT2D eigenvalue weighted by molar-refractivity contribution is 0.0679. The fraction of sp³-hybridized carbons (Fsp3) is 0.357. The molecule has 3 rings (SSSR count). The van der Waals surface area contributed by atoms with Gasteiger partial charge in [-0.05, 0) is 19.1 Å². The Balaban J connectivity index is 0.00000133. The summed E-state index contributed by atoms with van der Waals surface area (Å²) in [4.78, 5) is 14.2. The molecule has 2 aromatic rings. The fourth-order valence-electron chi connectivity index (χ4n) is 2.36. The van der Waals surface area contributed by atoms with E-state index in [0.29, 0.717) is 11.8 Å². The Labute approximate surface area is 118 Å². The van der Waals surface area contributed by atoms with Crippen LogP contribution in [0.3, 0.4) is 0 Å². The molecule has 1 aliphatic heterocycles. The Bertz CT molecular complexity index is 549. The number of rotatable bonds is 1. The number of fused-ring (bicyclic) bond motifs is 1. The van der Waals surface area contributed by atoms with Gasteiger partial charge in [-0.15, -0.1) is 12.4 Å². The molecule has 2 heterocycles. The van der Waals surface area contributed by atoms with Gasteiger partial charge in [0.25, 0.3) is 5.91 Å². The van der Waals surface area contributed by atoms with Crippen LogP contribution in [-0.4, -0.2) is 36.5 Å². The first-order chi connectivity index (χ1) is 8.74. The maximum absolute atomic E-state index is 12.3. The molecule has 0 spiro atoms. The van der Waals surface area contributed by atoms with E-state index in [2.05, 4.69) is 12.2 Å². The maximum atomic E-state index is 12.3. The van der Waals surface area contributed by atoms with Crippen molar-refractivity contribution in [3.8, 4) is 0 Å². The van der Waals surface area contributed by atoms with E-state index in [0.717, 1.165) is 30.6 Å². The highest BCUT2D eigenvalue weighted by atomic mass is 35.5. The third kappa shape index (κ3) is 2.74. The number of furan rings is 1. The molecule has 0 aliphatic carbocycles. The quantitative estimate of drug-likeness (QED) is 0.872. The zero-order valence-corrected chi connectivity index (χ0v) is 11.6. The summed E-state index contributed by atoms with van der Waals surface area (Å²) in [6.07, 6.45) is 0. The third-order valence-corrected chi connectivity index (χ3v) is 3.29. The summed E-state index contributed by atoms with van der Waals surface area (Å²) in [5, 5.41) is 4.30. The van der Waals surface area contributed by atoms with E-state index in [1.807, 2.05) is 35.2 Å². The van der Waals surface area contributed by atoms with E-state index in [4.69, 9.17) is 4.42 Å². The van der Waals surface area contributed by atoms with E-state index in [1.54, 1.807) is 0 Å². The molecule has 19 heavy (non-hydrogen) atoms. The van der Waals surface area contributed by atoms with Crippen LogP contribution in [0.15, 0.2) is 34.7 Å². The average molecular weight is 281 g/mol. The predicted octanol–water partition coefficient (Wildman–Crippen LogP) is 2.29. The Morgan fingerprint density at radius 2 is 2.21 bits per heavy atom. The number of carbonyl (C=O) groups excluding carboxylic acids is 1. The summed E-state index contributed by atoms with van der Waals surface area (Å²) in [5.74, 6) is 0.421. The molecular formula is C14H17ClN2O2. The molecule has 1 aromatic carbocycles. The highest BCUT2D eigenvalue weighted by molar-refractivity contribution is 5.96. The Hall–Kier alpha value is -1.52. The molecule has 1 unspecified atom stereocenters. The number of nitrogens with zero attached hydrogens (tertiary/aromatic N) is 1. The number of nitrogens with one attached hydrogen (secondary N) is 1. The number of para-hydroxylation sites is 1.